The summed E-state index contributed by atoms with van der Waals surface area (Å²) in [6.07, 6.45) is 4.18. The third-order valence-corrected chi connectivity index (χ3v) is 8.47. The van der Waals surface area contributed by atoms with E-state index in [9.17, 15) is 18.0 Å². The number of nitrogens with two attached hydrogens (primary N) is 1. The van der Waals surface area contributed by atoms with Crippen molar-refractivity contribution < 1.29 is 22.7 Å². The second-order valence-electron chi connectivity index (χ2n) is 8.06. The number of esters is 1. The number of anilines is 2. The lowest BCUT2D eigenvalue weighted by molar-refractivity contribution is -0.139. The molecule has 3 N–H and O–H groups in total. The SMILES string of the molecule is CCOC(=O)CSc1nnc(N)n1C(CC)C(=O)Nc1ccc(S(=O)(=O)N2CCCCCC2)cc1. The minimum atomic E-state index is -3.57. The molecule has 35 heavy (non-hydrogen) atoms. The summed E-state index contributed by atoms with van der Waals surface area (Å²) < 4.78 is 33.9. The molecule has 13 heteroatoms. The number of benzene rings is 1. The molecule has 0 bridgehead atoms. The van der Waals surface area contributed by atoms with Crippen LogP contribution < -0.4 is 11.1 Å². The van der Waals surface area contributed by atoms with Gasteiger partial charge in [0.25, 0.3) is 0 Å². The van der Waals surface area contributed by atoms with Gasteiger partial charge in [-0.15, -0.1) is 10.2 Å². The number of amides is 1. The van der Waals surface area contributed by atoms with Crippen molar-refractivity contribution in [3.05, 3.63) is 24.3 Å². The molecule has 2 aromatic rings. The van der Waals surface area contributed by atoms with E-state index in [-0.39, 0.29) is 29.1 Å². The molecule has 0 radical (unpaired) electrons. The second-order valence-corrected chi connectivity index (χ2v) is 10.9. The first-order valence-electron chi connectivity index (χ1n) is 11.7. The van der Waals surface area contributed by atoms with Gasteiger partial charge < -0.3 is 15.8 Å². The Kier molecular flexibility index (Phi) is 9.52. The summed E-state index contributed by atoms with van der Waals surface area (Å²) in [4.78, 5) is 25.0. The predicted molar refractivity (Wildman–Crippen MR) is 133 cm³/mol. The summed E-state index contributed by atoms with van der Waals surface area (Å²) in [7, 11) is -3.57. The fourth-order valence-electron chi connectivity index (χ4n) is 3.86. The summed E-state index contributed by atoms with van der Waals surface area (Å²) >= 11 is 1.09. The highest BCUT2D eigenvalue weighted by molar-refractivity contribution is 7.99. The van der Waals surface area contributed by atoms with Gasteiger partial charge in [0.15, 0.2) is 5.16 Å². The molecular formula is C22H32N6O5S2. The monoisotopic (exact) mass is 524 g/mol. The maximum Gasteiger partial charge on any atom is 0.316 e. The van der Waals surface area contributed by atoms with Crippen LogP contribution in [-0.4, -0.2) is 64.8 Å². The normalized spacial score (nSPS) is 15.8. The summed E-state index contributed by atoms with van der Waals surface area (Å²) in [5.74, 6) is -0.701. The van der Waals surface area contributed by atoms with E-state index in [4.69, 9.17) is 10.5 Å². The average molecular weight is 525 g/mol. The van der Waals surface area contributed by atoms with Gasteiger partial charge in [0, 0.05) is 18.8 Å². The summed E-state index contributed by atoms with van der Waals surface area (Å²) in [6.45, 7) is 4.86. The molecule has 192 valence electrons. The Balaban J connectivity index is 1.71. The molecule has 1 aromatic heterocycles. The van der Waals surface area contributed by atoms with Gasteiger partial charge in [-0.2, -0.15) is 4.31 Å². The molecule has 1 aromatic carbocycles. The zero-order valence-corrected chi connectivity index (χ0v) is 21.6. The van der Waals surface area contributed by atoms with Gasteiger partial charge in [-0.3, -0.25) is 14.2 Å². The van der Waals surface area contributed by atoms with E-state index in [1.54, 1.807) is 19.1 Å². The minimum absolute atomic E-state index is 0.0109. The maximum absolute atomic E-state index is 13.1. The Hall–Kier alpha value is -2.64. The molecule has 1 atom stereocenters. The van der Waals surface area contributed by atoms with Crippen molar-refractivity contribution in [1.29, 1.82) is 0 Å². The number of nitrogens with one attached hydrogen (secondary N) is 1. The smallest absolute Gasteiger partial charge is 0.316 e. The van der Waals surface area contributed by atoms with Crippen LogP contribution in [0.15, 0.2) is 34.3 Å². The van der Waals surface area contributed by atoms with Crippen LogP contribution in [0, 0.1) is 0 Å². The fraction of sp³-hybridized carbons (Fsp3) is 0.545. The molecule has 0 aliphatic carbocycles. The number of thioether (sulfide) groups is 1. The molecule has 1 aliphatic heterocycles. The van der Waals surface area contributed by atoms with Crippen molar-refractivity contribution in [2.45, 2.75) is 62.0 Å². The Morgan fingerprint density at radius 2 is 1.77 bits per heavy atom. The van der Waals surface area contributed by atoms with Gasteiger partial charge in [0.05, 0.1) is 17.3 Å². The van der Waals surface area contributed by atoms with Gasteiger partial charge in [0.2, 0.25) is 21.9 Å². The van der Waals surface area contributed by atoms with E-state index >= 15 is 0 Å². The number of sulfonamides is 1. The Labute approximate surface area is 209 Å². The van der Waals surface area contributed by atoms with E-state index < -0.39 is 22.0 Å². The quantitative estimate of drug-likeness (QED) is 0.353. The fourth-order valence-corrected chi connectivity index (χ4v) is 6.16. The summed E-state index contributed by atoms with van der Waals surface area (Å²) in [6, 6.07) is 5.42. The largest absolute Gasteiger partial charge is 0.465 e. The number of carbonyl (C=O) groups excluding carboxylic acids is 2. The van der Waals surface area contributed by atoms with Crippen LogP contribution in [0.4, 0.5) is 11.6 Å². The highest BCUT2D eigenvalue weighted by Gasteiger charge is 2.27. The van der Waals surface area contributed by atoms with Crippen molar-refractivity contribution >= 4 is 45.3 Å². The topological polar surface area (TPSA) is 150 Å². The third kappa shape index (κ3) is 6.73. The second kappa shape index (κ2) is 12.4. The number of rotatable bonds is 10. The number of hydrogen-bond donors (Lipinski definition) is 2. The molecule has 1 unspecified atom stereocenters. The van der Waals surface area contributed by atoms with Crippen LogP contribution in [0.5, 0.6) is 0 Å². The van der Waals surface area contributed by atoms with Crippen LogP contribution in [-0.2, 0) is 24.3 Å². The first-order valence-corrected chi connectivity index (χ1v) is 14.1. The standard InChI is InChI=1S/C22H32N6O5S2/c1-3-18(28-21(23)25-26-22(28)34-15-19(29)33-4-2)20(30)24-16-9-11-17(12-10-16)35(31,32)27-13-7-5-6-8-14-27/h9-12,18H,3-8,13-15H2,1-2H3,(H2,23,25)(H,24,30). The number of nitrogen functional groups attached to an aromatic ring is 1. The maximum atomic E-state index is 13.1. The Morgan fingerprint density at radius 1 is 1.11 bits per heavy atom. The predicted octanol–water partition coefficient (Wildman–Crippen LogP) is 2.67. The van der Waals surface area contributed by atoms with Gasteiger partial charge in [-0.1, -0.05) is 31.5 Å². The van der Waals surface area contributed by atoms with Gasteiger partial charge in [-0.05, 0) is 50.5 Å². The van der Waals surface area contributed by atoms with Gasteiger partial charge in [0.1, 0.15) is 6.04 Å². The van der Waals surface area contributed by atoms with Crippen molar-refractivity contribution in [3.8, 4) is 0 Å². The number of nitrogens with zero attached hydrogens (tertiary/aromatic N) is 4. The number of aromatic nitrogens is 3. The highest BCUT2D eigenvalue weighted by atomic mass is 32.2. The molecule has 1 fully saturated rings. The van der Waals surface area contributed by atoms with E-state index in [0.29, 0.717) is 30.4 Å². The van der Waals surface area contributed by atoms with E-state index in [0.717, 1.165) is 37.4 Å². The highest BCUT2D eigenvalue weighted by Crippen LogP contribution is 2.27. The average Bonchev–Trinajstić information content (AvgIpc) is 3.02. The minimum Gasteiger partial charge on any atom is -0.465 e. The molecule has 11 nitrogen and oxygen atoms in total. The zero-order chi connectivity index (χ0) is 25.4. The molecule has 3 rings (SSSR count). The van der Waals surface area contributed by atoms with E-state index in [1.165, 1.54) is 21.0 Å². The molecular weight excluding hydrogens is 492 g/mol. The number of carbonyl (C=O) groups is 2. The number of hydrogen-bond acceptors (Lipinski definition) is 9. The van der Waals surface area contributed by atoms with Crippen LogP contribution in [0.3, 0.4) is 0 Å². The van der Waals surface area contributed by atoms with Crippen LogP contribution in [0.25, 0.3) is 0 Å². The lowest BCUT2D eigenvalue weighted by Gasteiger charge is -2.21. The van der Waals surface area contributed by atoms with Crippen LogP contribution >= 0.6 is 11.8 Å². The first kappa shape index (κ1) is 27.0. The molecule has 1 amide bonds. The summed E-state index contributed by atoms with van der Waals surface area (Å²) in [5, 5.41) is 11.0. The van der Waals surface area contributed by atoms with E-state index in [1.807, 2.05) is 6.92 Å². The molecule has 2 heterocycles. The first-order chi connectivity index (χ1) is 16.8. The molecule has 0 saturated carbocycles. The zero-order valence-electron chi connectivity index (χ0n) is 20.0. The molecule has 1 saturated heterocycles. The van der Waals surface area contributed by atoms with Crippen molar-refractivity contribution in [3.63, 3.8) is 0 Å². The third-order valence-electron chi connectivity index (χ3n) is 5.64. The molecule has 1 aliphatic rings. The lowest BCUT2D eigenvalue weighted by Crippen LogP contribution is -2.32. The van der Waals surface area contributed by atoms with Gasteiger partial charge >= 0.3 is 5.97 Å². The Morgan fingerprint density at radius 3 is 2.37 bits per heavy atom. The van der Waals surface area contributed by atoms with Crippen LogP contribution in [0.1, 0.15) is 52.0 Å². The number of ether oxygens (including phenoxy) is 1. The van der Waals surface area contributed by atoms with E-state index in [2.05, 4.69) is 15.5 Å². The van der Waals surface area contributed by atoms with Crippen molar-refractivity contribution in [2.24, 2.45) is 0 Å². The molecule has 0 spiro atoms. The van der Waals surface area contributed by atoms with Gasteiger partial charge in [-0.25, -0.2) is 8.42 Å². The lowest BCUT2D eigenvalue weighted by atomic mass is 10.2. The van der Waals surface area contributed by atoms with Crippen molar-refractivity contribution in [1.82, 2.24) is 19.1 Å². The summed E-state index contributed by atoms with van der Waals surface area (Å²) in [5.41, 5.74) is 6.43. The Bertz CT molecular complexity index is 1110. The van der Waals surface area contributed by atoms with Crippen molar-refractivity contribution in [2.75, 3.05) is 36.5 Å². The van der Waals surface area contributed by atoms with Crippen LogP contribution in [0.2, 0.25) is 0 Å².